The Morgan fingerprint density at radius 3 is 2.61 bits per heavy atom. The average Bonchev–Trinajstić information content (AvgIpc) is 2.35. The summed E-state index contributed by atoms with van der Waals surface area (Å²) in [5.74, 6) is 0.253. The summed E-state index contributed by atoms with van der Waals surface area (Å²) in [5.41, 5.74) is 9.51. The van der Waals surface area contributed by atoms with E-state index in [4.69, 9.17) is 5.73 Å². The van der Waals surface area contributed by atoms with Crippen LogP contribution < -0.4 is 11.1 Å². The zero-order valence-electron chi connectivity index (χ0n) is 10.6. The van der Waals surface area contributed by atoms with E-state index in [0.29, 0.717) is 0 Å². The van der Waals surface area contributed by atoms with Crippen LogP contribution in [0, 0.1) is 5.92 Å². The maximum absolute atomic E-state index is 11.9. The van der Waals surface area contributed by atoms with Crippen molar-refractivity contribution in [1.29, 1.82) is 0 Å². The maximum atomic E-state index is 11.9. The lowest BCUT2D eigenvalue weighted by molar-refractivity contribution is -0.122. The van der Waals surface area contributed by atoms with Crippen LogP contribution in [0.4, 0.5) is 5.69 Å². The van der Waals surface area contributed by atoms with Crippen LogP contribution in [0.25, 0.3) is 0 Å². The Morgan fingerprint density at radius 1 is 1.17 bits per heavy atom. The molecule has 0 saturated heterocycles. The summed E-state index contributed by atoms with van der Waals surface area (Å²) in [7, 11) is 0. The van der Waals surface area contributed by atoms with E-state index >= 15 is 0 Å². The summed E-state index contributed by atoms with van der Waals surface area (Å²) in [4.78, 5) is 11.9. The van der Waals surface area contributed by atoms with Crippen molar-refractivity contribution < 1.29 is 4.79 Å². The minimum Gasteiger partial charge on any atom is -0.328 e. The Morgan fingerprint density at radius 2 is 1.89 bits per heavy atom. The third-order valence-corrected chi connectivity index (χ3v) is 4.16. The first-order valence-corrected chi connectivity index (χ1v) is 6.90. The molecule has 1 aromatic rings. The molecule has 0 radical (unpaired) electrons. The van der Waals surface area contributed by atoms with Crippen LogP contribution in [0.2, 0.25) is 0 Å². The van der Waals surface area contributed by atoms with Crippen LogP contribution in [0.15, 0.2) is 18.2 Å². The van der Waals surface area contributed by atoms with E-state index in [9.17, 15) is 4.79 Å². The molecular weight excluding hydrogens is 224 g/mol. The van der Waals surface area contributed by atoms with Crippen LogP contribution in [0.5, 0.6) is 0 Å². The van der Waals surface area contributed by atoms with E-state index in [1.54, 1.807) is 0 Å². The van der Waals surface area contributed by atoms with Gasteiger partial charge in [-0.15, -0.1) is 0 Å². The molecule has 3 heteroatoms. The van der Waals surface area contributed by atoms with Gasteiger partial charge in [-0.3, -0.25) is 4.79 Å². The van der Waals surface area contributed by atoms with Gasteiger partial charge in [-0.05, 0) is 61.8 Å². The van der Waals surface area contributed by atoms with Crippen molar-refractivity contribution in [2.75, 3.05) is 5.32 Å². The number of nitrogens with two attached hydrogens (primary N) is 1. The molecule has 0 spiro atoms. The predicted octanol–water partition coefficient (Wildman–Crippen LogP) is 2.24. The van der Waals surface area contributed by atoms with Crippen molar-refractivity contribution in [2.45, 2.75) is 44.6 Å². The number of benzene rings is 1. The Labute approximate surface area is 108 Å². The smallest absolute Gasteiger partial charge is 0.227 e. The Bertz CT molecular complexity index is 464. The van der Waals surface area contributed by atoms with E-state index in [1.165, 1.54) is 30.4 Å². The molecule has 1 amide bonds. The monoisotopic (exact) mass is 244 g/mol. The zero-order chi connectivity index (χ0) is 12.5. The van der Waals surface area contributed by atoms with Crippen LogP contribution in [-0.2, 0) is 17.6 Å². The molecule has 96 valence electrons. The first-order valence-electron chi connectivity index (χ1n) is 6.90. The van der Waals surface area contributed by atoms with Gasteiger partial charge in [0, 0.05) is 17.6 Å². The third-order valence-electron chi connectivity index (χ3n) is 4.16. The number of fused-ring (bicyclic) bond motifs is 1. The van der Waals surface area contributed by atoms with Gasteiger partial charge in [0.2, 0.25) is 5.91 Å². The molecule has 0 heterocycles. The lowest BCUT2D eigenvalue weighted by Gasteiger charge is -2.31. The molecule has 0 aliphatic heterocycles. The van der Waals surface area contributed by atoms with Crippen LogP contribution in [0.1, 0.15) is 36.8 Å². The molecule has 2 aliphatic rings. The summed E-state index contributed by atoms with van der Waals surface area (Å²) >= 11 is 0. The van der Waals surface area contributed by atoms with Crippen molar-refractivity contribution >= 4 is 11.6 Å². The van der Waals surface area contributed by atoms with E-state index < -0.39 is 0 Å². The highest BCUT2D eigenvalue weighted by atomic mass is 16.1. The molecule has 1 aromatic carbocycles. The highest BCUT2D eigenvalue weighted by molar-refractivity contribution is 5.93. The number of hydrogen-bond acceptors (Lipinski definition) is 2. The Hall–Kier alpha value is -1.35. The summed E-state index contributed by atoms with van der Waals surface area (Å²) in [6, 6.07) is 6.56. The first kappa shape index (κ1) is 11.7. The lowest BCUT2D eigenvalue weighted by atomic mass is 9.80. The quantitative estimate of drug-likeness (QED) is 0.838. The molecule has 3 rings (SSSR count). The topological polar surface area (TPSA) is 55.1 Å². The van der Waals surface area contributed by atoms with E-state index in [1.807, 2.05) is 6.07 Å². The minimum atomic E-state index is 0.121. The molecular formula is C15H20N2O. The van der Waals surface area contributed by atoms with Crippen LogP contribution >= 0.6 is 0 Å². The highest BCUT2D eigenvalue weighted by Gasteiger charge is 2.31. The van der Waals surface area contributed by atoms with Gasteiger partial charge in [0.25, 0.3) is 0 Å². The molecule has 1 fully saturated rings. The molecule has 0 aromatic heterocycles. The molecule has 2 aliphatic carbocycles. The number of amides is 1. The fraction of sp³-hybridized carbons (Fsp3) is 0.533. The van der Waals surface area contributed by atoms with Gasteiger partial charge in [-0.1, -0.05) is 6.07 Å². The molecule has 18 heavy (non-hydrogen) atoms. The molecule has 0 unspecified atom stereocenters. The van der Waals surface area contributed by atoms with Crippen molar-refractivity contribution in [2.24, 2.45) is 11.7 Å². The summed E-state index contributed by atoms with van der Waals surface area (Å²) in [5, 5.41) is 3.02. The maximum Gasteiger partial charge on any atom is 0.227 e. The van der Waals surface area contributed by atoms with Crippen LogP contribution in [0.3, 0.4) is 0 Å². The first-order chi connectivity index (χ1) is 8.72. The Balaban J connectivity index is 1.67. The largest absolute Gasteiger partial charge is 0.328 e. The Kier molecular flexibility index (Phi) is 3.08. The van der Waals surface area contributed by atoms with E-state index in [0.717, 1.165) is 24.9 Å². The molecule has 3 nitrogen and oxygen atoms in total. The van der Waals surface area contributed by atoms with Gasteiger partial charge in [0.1, 0.15) is 0 Å². The summed E-state index contributed by atoms with van der Waals surface area (Å²) in [6.07, 6.45) is 6.54. The van der Waals surface area contributed by atoms with Gasteiger partial charge in [-0.2, -0.15) is 0 Å². The second-order valence-electron chi connectivity index (χ2n) is 5.61. The second-order valence-corrected chi connectivity index (χ2v) is 5.61. The van der Waals surface area contributed by atoms with Crippen molar-refractivity contribution in [3.05, 3.63) is 29.3 Å². The van der Waals surface area contributed by atoms with Gasteiger partial charge >= 0.3 is 0 Å². The lowest BCUT2D eigenvalue weighted by Crippen LogP contribution is -2.42. The normalized spacial score (nSPS) is 26.1. The third kappa shape index (κ3) is 2.27. The molecule has 3 N–H and O–H groups in total. The fourth-order valence-corrected chi connectivity index (χ4v) is 2.93. The SMILES string of the molecule is NC1CC(C(=O)Nc2ccc3c(c2)CCCC3)C1. The fourth-order valence-electron chi connectivity index (χ4n) is 2.93. The minimum absolute atomic E-state index is 0.121. The standard InChI is InChI=1S/C15H20N2O/c16-13-7-12(8-13)15(18)17-14-6-5-10-3-1-2-4-11(10)9-14/h5-6,9,12-13H,1-4,7-8,16H2,(H,17,18). The number of carbonyl (C=O) groups is 1. The molecule has 0 bridgehead atoms. The van der Waals surface area contributed by atoms with Crippen molar-refractivity contribution in [3.63, 3.8) is 0 Å². The van der Waals surface area contributed by atoms with Gasteiger partial charge in [0.15, 0.2) is 0 Å². The van der Waals surface area contributed by atoms with Crippen molar-refractivity contribution in [1.82, 2.24) is 0 Å². The number of nitrogens with one attached hydrogen (secondary N) is 1. The number of rotatable bonds is 2. The molecule has 0 atom stereocenters. The predicted molar refractivity (Wildman–Crippen MR) is 72.4 cm³/mol. The van der Waals surface area contributed by atoms with Gasteiger partial charge in [0.05, 0.1) is 0 Å². The number of hydrogen-bond donors (Lipinski definition) is 2. The zero-order valence-corrected chi connectivity index (χ0v) is 10.6. The van der Waals surface area contributed by atoms with E-state index in [-0.39, 0.29) is 17.9 Å². The summed E-state index contributed by atoms with van der Waals surface area (Å²) in [6.45, 7) is 0. The average molecular weight is 244 g/mol. The summed E-state index contributed by atoms with van der Waals surface area (Å²) < 4.78 is 0. The van der Waals surface area contributed by atoms with Gasteiger partial charge in [-0.25, -0.2) is 0 Å². The van der Waals surface area contributed by atoms with E-state index in [2.05, 4.69) is 17.4 Å². The van der Waals surface area contributed by atoms with Crippen molar-refractivity contribution in [3.8, 4) is 0 Å². The van der Waals surface area contributed by atoms with Gasteiger partial charge < -0.3 is 11.1 Å². The highest BCUT2D eigenvalue weighted by Crippen LogP contribution is 2.28. The number of carbonyl (C=O) groups excluding carboxylic acids is 1. The number of aryl methyl sites for hydroxylation is 2. The van der Waals surface area contributed by atoms with Crippen LogP contribution in [-0.4, -0.2) is 11.9 Å². The molecule has 1 saturated carbocycles. The number of anilines is 1. The second kappa shape index (κ2) is 4.73.